The van der Waals surface area contributed by atoms with Crippen molar-refractivity contribution in [3.8, 4) is 0 Å². The third kappa shape index (κ3) is 3.35. The van der Waals surface area contributed by atoms with Crippen LogP contribution in [0.25, 0.3) is 0 Å². The van der Waals surface area contributed by atoms with Crippen LogP contribution < -0.4 is 5.32 Å². The molecular formula is C18H22N4O. The van der Waals surface area contributed by atoms with Crippen molar-refractivity contribution in [3.05, 3.63) is 54.6 Å². The number of rotatable bonds is 4. The van der Waals surface area contributed by atoms with E-state index in [0.717, 1.165) is 50.5 Å². The Morgan fingerprint density at radius 3 is 3.09 bits per heavy atom. The van der Waals surface area contributed by atoms with Crippen molar-refractivity contribution < 1.29 is 4.74 Å². The van der Waals surface area contributed by atoms with Crippen molar-refractivity contribution in [2.24, 2.45) is 0 Å². The van der Waals surface area contributed by atoms with Gasteiger partial charge in [-0.3, -0.25) is 14.9 Å². The highest BCUT2D eigenvalue weighted by Gasteiger charge is 2.45. The van der Waals surface area contributed by atoms with E-state index in [1.807, 2.05) is 30.6 Å². The summed E-state index contributed by atoms with van der Waals surface area (Å²) in [7, 11) is 0. The Kier molecular flexibility index (Phi) is 3.97. The number of anilines is 1. The van der Waals surface area contributed by atoms with Crippen LogP contribution in [0.15, 0.2) is 48.9 Å². The molecule has 4 rings (SSSR count). The van der Waals surface area contributed by atoms with Crippen LogP contribution in [0, 0.1) is 0 Å². The maximum Gasteiger partial charge on any atom is 0.0842 e. The normalized spacial score (nSPS) is 27.6. The molecule has 0 aliphatic carbocycles. The largest absolute Gasteiger partial charge is 0.379 e. The van der Waals surface area contributed by atoms with Gasteiger partial charge in [0.1, 0.15) is 0 Å². The maximum atomic E-state index is 6.21. The summed E-state index contributed by atoms with van der Waals surface area (Å²) in [6.45, 7) is 3.75. The molecular weight excluding hydrogens is 288 g/mol. The molecule has 2 aliphatic heterocycles. The smallest absolute Gasteiger partial charge is 0.0842 e. The lowest BCUT2D eigenvalue weighted by Gasteiger charge is -2.23. The van der Waals surface area contributed by atoms with Crippen molar-refractivity contribution in [3.63, 3.8) is 0 Å². The van der Waals surface area contributed by atoms with Crippen molar-refractivity contribution in [2.75, 3.05) is 25.0 Å². The van der Waals surface area contributed by atoms with Gasteiger partial charge in [0, 0.05) is 44.6 Å². The van der Waals surface area contributed by atoms with Crippen LogP contribution >= 0.6 is 0 Å². The lowest BCUT2D eigenvalue weighted by molar-refractivity contribution is 0.0119. The predicted molar refractivity (Wildman–Crippen MR) is 89.1 cm³/mol. The Morgan fingerprint density at radius 2 is 2.26 bits per heavy atom. The summed E-state index contributed by atoms with van der Waals surface area (Å²) < 4.78 is 6.21. The number of likely N-dealkylation sites (tertiary alicyclic amines) is 1. The number of nitrogens with one attached hydrogen (secondary N) is 1. The van der Waals surface area contributed by atoms with Gasteiger partial charge in [-0.2, -0.15) is 0 Å². The summed E-state index contributed by atoms with van der Waals surface area (Å²) in [4.78, 5) is 11.0. The highest BCUT2D eigenvalue weighted by atomic mass is 16.5. The minimum Gasteiger partial charge on any atom is -0.379 e. The maximum absolute atomic E-state index is 6.21. The molecule has 1 spiro atoms. The molecule has 0 saturated carbocycles. The summed E-state index contributed by atoms with van der Waals surface area (Å²) in [5.41, 5.74) is 2.21. The summed E-state index contributed by atoms with van der Waals surface area (Å²) >= 11 is 0. The van der Waals surface area contributed by atoms with Crippen molar-refractivity contribution in [1.82, 2.24) is 14.9 Å². The average molecular weight is 310 g/mol. The molecule has 120 valence electrons. The highest BCUT2D eigenvalue weighted by molar-refractivity contribution is 5.41. The number of nitrogens with zero attached hydrogens (tertiary/aromatic N) is 3. The first-order valence-electron chi connectivity index (χ1n) is 8.24. The van der Waals surface area contributed by atoms with Crippen LogP contribution in [0.3, 0.4) is 0 Å². The Bertz CT molecular complexity index is 576. The Hall–Kier alpha value is -1.98. The van der Waals surface area contributed by atoms with Crippen LogP contribution in [-0.2, 0) is 11.3 Å². The number of hydrogen-bond acceptors (Lipinski definition) is 5. The molecule has 2 atom stereocenters. The van der Waals surface area contributed by atoms with E-state index < -0.39 is 0 Å². The number of aromatic nitrogens is 2. The molecule has 2 aliphatic rings. The minimum atomic E-state index is 0.00859. The molecule has 0 aromatic carbocycles. The van der Waals surface area contributed by atoms with Gasteiger partial charge in [-0.05, 0) is 30.7 Å². The SMILES string of the molecule is c1ccc(CN2CC[C@]3(C[C@@H](Nc4cccnc4)CO3)C2)nc1. The first-order chi connectivity index (χ1) is 11.3. The van der Waals surface area contributed by atoms with E-state index in [1.165, 1.54) is 0 Å². The van der Waals surface area contributed by atoms with Gasteiger partial charge in [0.05, 0.1) is 29.6 Å². The van der Waals surface area contributed by atoms with E-state index >= 15 is 0 Å². The van der Waals surface area contributed by atoms with Crippen LogP contribution in [0.4, 0.5) is 5.69 Å². The molecule has 2 aromatic rings. The predicted octanol–water partition coefficient (Wildman–Crippen LogP) is 2.32. The molecule has 0 bridgehead atoms. The van der Waals surface area contributed by atoms with Gasteiger partial charge >= 0.3 is 0 Å². The van der Waals surface area contributed by atoms with Crippen LogP contribution in [0.5, 0.6) is 0 Å². The fraction of sp³-hybridized carbons (Fsp3) is 0.444. The molecule has 4 heterocycles. The van der Waals surface area contributed by atoms with Crippen molar-refractivity contribution in [2.45, 2.75) is 31.0 Å². The zero-order valence-electron chi connectivity index (χ0n) is 13.2. The monoisotopic (exact) mass is 310 g/mol. The average Bonchev–Trinajstić information content (AvgIpc) is 3.16. The summed E-state index contributed by atoms with van der Waals surface area (Å²) in [6, 6.07) is 10.5. The molecule has 0 radical (unpaired) electrons. The summed E-state index contributed by atoms with van der Waals surface area (Å²) in [6.07, 6.45) is 7.68. The highest BCUT2D eigenvalue weighted by Crippen LogP contribution is 2.36. The van der Waals surface area contributed by atoms with Crippen molar-refractivity contribution >= 4 is 5.69 Å². The molecule has 2 fully saturated rings. The lowest BCUT2D eigenvalue weighted by atomic mass is 9.97. The van der Waals surface area contributed by atoms with E-state index in [9.17, 15) is 0 Å². The standard InChI is InChI=1S/C18H22N4O/c1-2-8-20-16(4-1)12-22-9-6-18(14-22)10-17(13-23-18)21-15-5-3-7-19-11-15/h1-5,7-8,11,17,21H,6,9-10,12-14H2/t17-,18+/m1/s1. The van der Waals surface area contributed by atoms with E-state index in [4.69, 9.17) is 4.74 Å². The fourth-order valence-corrected chi connectivity index (χ4v) is 3.69. The first-order valence-corrected chi connectivity index (χ1v) is 8.24. The van der Waals surface area contributed by atoms with Gasteiger partial charge < -0.3 is 10.1 Å². The molecule has 23 heavy (non-hydrogen) atoms. The van der Waals surface area contributed by atoms with Gasteiger partial charge in [0.2, 0.25) is 0 Å². The van der Waals surface area contributed by atoms with E-state index in [0.29, 0.717) is 6.04 Å². The molecule has 2 aromatic heterocycles. The van der Waals surface area contributed by atoms with Gasteiger partial charge in [-0.1, -0.05) is 6.07 Å². The van der Waals surface area contributed by atoms with E-state index in [-0.39, 0.29) is 5.60 Å². The molecule has 1 N–H and O–H groups in total. The third-order valence-corrected chi connectivity index (χ3v) is 4.75. The van der Waals surface area contributed by atoms with Crippen LogP contribution in [-0.4, -0.2) is 46.2 Å². The summed E-state index contributed by atoms with van der Waals surface area (Å²) in [5, 5.41) is 3.54. The zero-order chi connectivity index (χ0) is 15.5. The summed E-state index contributed by atoms with van der Waals surface area (Å²) in [5.74, 6) is 0. The second kappa shape index (κ2) is 6.26. The molecule has 0 unspecified atom stereocenters. The van der Waals surface area contributed by atoms with Crippen LogP contribution in [0.2, 0.25) is 0 Å². The topological polar surface area (TPSA) is 50.3 Å². The van der Waals surface area contributed by atoms with Gasteiger partial charge in [0.25, 0.3) is 0 Å². The zero-order valence-corrected chi connectivity index (χ0v) is 13.2. The number of pyridine rings is 2. The molecule has 0 amide bonds. The van der Waals surface area contributed by atoms with Crippen molar-refractivity contribution in [1.29, 1.82) is 0 Å². The van der Waals surface area contributed by atoms with E-state index in [1.54, 1.807) is 6.20 Å². The Labute approximate surface area is 136 Å². The first kappa shape index (κ1) is 14.6. The fourth-order valence-electron chi connectivity index (χ4n) is 3.69. The second-order valence-corrected chi connectivity index (χ2v) is 6.56. The molecule has 5 nitrogen and oxygen atoms in total. The minimum absolute atomic E-state index is 0.00859. The quantitative estimate of drug-likeness (QED) is 0.939. The number of hydrogen-bond donors (Lipinski definition) is 1. The Morgan fingerprint density at radius 1 is 1.26 bits per heavy atom. The molecule has 5 heteroatoms. The second-order valence-electron chi connectivity index (χ2n) is 6.56. The third-order valence-electron chi connectivity index (χ3n) is 4.75. The van der Waals surface area contributed by atoms with Crippen LogP contribution in [0.1, 0.15) is 18.5 Å². The van der Waals surface area contributed by atoms with Gasteiger partial charge in [-0.15, -0.1) is 0 Å². The lowest BCUT2D eigenvalue weighted by Crippen LogP contribution is -2.33. The molecule has 2 saturated heterocycles. The van der Waals surface area contributed by atoms with Gasteiger partial charge in [-0.25, -0.2) is 0 Å². The van der Waals surface area contributed by atoms with E-state index in [2.05, 4.69) is 32.3 Å². The van der Waals surface area contributed by atoms with Gasteiger partial charge in [0.15, 0.2) is 0 Å². The number of ether oxygens (including phenoxy) is 1. The Balaban J connectivity index is 1.34.